The average molecular weight is 369 g/mol. The molecular weight excluding hydrogens is 344 g/mol. The van der Waals surface area contributed by atoms with Crippen molar-refractivity contribution < 1.29 is 9.53 Å². The Labute approximate surface area is 153 Å². The smallest absolute Gasteiger partial charge is 0.283 e. The molecule has 1 aromatic rings. The number of hydrogen-bond donors (Lipinski definition) is 0. The molecule has 6 heteroatoms. The van der Waals surface area contributed by atoms with Crippen LogP contribution in [0.2, 0.25) is 5.02 Å². The van der Waals surface area contributed by atoms with Crippen molar-refractivity contribution in [2.75, 3.05) is 20.2 Å². The van der Waals surface area contributed by atoms with Gasteiger partial charge in [-0.15, -0.1) is 0 Å². The molecule has 0 spiro atoms. The third-order valence-electron chi connectivity index (χ3n) is 3.46. The maximum Gasteiger partial charge on any atom is 0.283 e. The minimum absolute atomic E-state index is 0.0305. The van der Waals surface area contributed by atoms with Gasteiger partial charge in [0.2, 0.25) is 0 Å². The number of methoxy groups -OCH3 is 1. The second-order valence-electron chi connectivity index (χ2n) is 7.82. The Kier molecular flexibility index (Phi) is 5.55. The first kappa shape index (κ1) is 19.1. The number of thioether (sulfide) groups is 1. The molecule has 0 aliphatic carbocycles. The van der Waals surface area contributed by atoms with Crippen molar-refractivity contribution in [2.24, 2.45) is 10.4 Å². The first-order valence-corrected chi connectivity index (χ1v) is 9.11. The number of carbonyl (C=O) groups is 1. The molecule has 0 atom stereocenters. The maximum absolute atomic E-state index is 12.7. The second-order valence-corrected chi connectivity index (χ2v) is 9.93. The van der Waals surface area contributed by atoms with Crippen molar-refractivity contribution in [1.82, 2.24) is 4.90 Å². The SMILES string of the molecule is COc1ccc(Cl)cc1C(=O)N=C1SC(C)(C)CN1CC(C)(C)C. The lowest BCUT2D eigenvalue weighted by Crippen LogP contribution is -2.36. The number of hydrogen-bond acceptors (Lipinski definition) is 3. The lowest BCUT2D eigenvalue weighted by molar-refractivity contribution is 0.0998. The number of nitrogens with zero attached hydrogens (tertiary/aromatic N) is 2. The van der Waals surface area contributed by atoms with E-state index in [2.05, 4.69) is 44.5 Å². The molecule has 1 aliphatic heterocycles. The molecule has 0 unspecified atom stereocenters. The van der Waals surface area contributed by atoms with Gasteiger partial charge in [-0.2, -0.15) is 4.99 Å². The number of amides is 1. The van der Waals surface area contributed by atoms with Crippen molar-refractivity contribution in [3.8, 4) is 5.75 Å². The maximum atomic E-state index is 12.7. The molecule has 0 aromatic heterocycles. The predicted octanol–water partition coefficient (Wildman–Crippen LogP) is 4.72. The topological polar surface area (TPSA) is 41.9 Å². The van der Waals surface area contributed by atoms with Crippen molar-refractivity contribution in [2.45, 2.75) is 39.4 Å². The van der Waals surface area contributed by atoms with E-state index in [0.29, 0.717) is 16.3 Å². The molecule has 4 nitrogen and oxygen atoms in total. The van der Waals surface area contributed by atoms with E-state index in [-0.39, 0.29) is 16.1 Å². The van der Waals surface area contributed by atoms with Gasteiger partial charge in [0.05, 0.1) is 12.7 Å². The van der Waals surface area contributed by atoms with Crippen LogP contribution < -0.4 is 4.74 Å². The second kappa shape index (κ2) is 6.96. The van der Waals surface area contributed by atoms with E-state index < -0.39 is 0 Å². The zero-order valence-electron chi connectivity index (χ0n) is 15.1. The summed E-state index contributed by atoms with van der Waals surface area (Å²) in [5, 5.41) is 1.26. The van der Waals surface area contributed by atoms with Crippen LogP contribution in [0.25, 0.3) is 0 Å². The molecule has 24 heavy (non-hydrogen) atoms. The number of carbonyl (C=O) groups excluding carboxylic acids is 1. The summed E-state index contributed by atoms with van der Waals surface area (Å²) in [6.45, 7) is 12.6. The summed E-state index contributed by atoms with van der Waals surface area (Å²) < 4.78 is 5.30. The number of halogens is 1. The fraction of sp³-hybridized carbons (Fsp3) is 0.556. The number of benzene rings is 1. The van der Waals surface area contributed by atoms with Crippen LogP contribution >= 0.6 is 23.4 Å². The molecule has 1 heterocycles. The molecule has 1 amide bonds. The van der Waals surface area contributed by atoms with Gasteiger partial charge in [0.25, 0.3) is 5.91 Å². The fourth-order valence-electron chi connectivity index (χ4n) is 2.66. The number of ether oxygens (including phenoxy) is 1. The monoisotopic (exact) mass is 368 g/mol. The van der Waals surface area contributed by atoms with Crippen molar-refractivity contribution in [3.63, 3.8) is 0 Å². The third kappa shape index (κ3) is 4.90. The van der Waals surface area contributed by atoms with E-state index in [9.17, 15) is 4.79 Å². The normalized spacial score (nSPS) is 19.0. The van der Waals surface area contributed by atoms with Gasteiger partial charge in [-0.25, -0.2) is 0 Å². The standard InChI is InChI=1S/C18H25ClN2O2S/c1-17(2,3)10-21-11-18(4,5)24-16(21)20-15(22)13-9-12(19)7-8-14(13)23-6/h7-9H,10-11H2,1-6H3. The lowest BCUT2D eigenvalue weighted by atomic mass is 9.96. The van der Waals surface area contributed by atoms with Gasteiger partial charge in [-0.05, 0) is 37.5 Å². The van der Waals surface area contributed by atoms with Gasteiger partial charge in [0, 0.05) is 22.9 Å². The van der Waals surface area contributed by atoms with E-state index in [1.165, 1.54) is 7.11 Å². The molecule has 132 valence electrons. The van der Waals surface area contributed by atoms with Gasteiger partial charge >= 0.3 is 0 Å². The van der Waals surface area contributed by atoms with Crippen LogP contribution in [-0.4, -0.2) is 40.9 Å². The van der Waals surface area contributed by atoms with Gasteiger partial charge in [0.1, 0.15) is 5.75 Å². The molecule has 0 saturated carbocycles. The Bertz CT molecular complexity index is 665. The quantitative estimate of drug-likeness (QED) is 0.774. The van der Waals surface area contributed by atoms with E-state index in [1.54, 1.807) is 30.0 Å². The molecule has 1 fully saturated rings. The Hall–Kier alpha value is -1.20. The van der Waals surface area contributed by atoms with Gasteiger partial charge in [0.15, 0.2) is 5.17 Å². The van der Waals surface area contributed by atoms with Crippen LogP contribution in [0, 0.1) is 5.41 Å². The number of aliphatic imine (C=N–C) groups is 1. The molecule has 0 radical (unpaired) electrons. The predicted molar refractivity (Wildman–Crippen MR) is 102 cm³/mol. The van der Waals surface area contributed by atoms with Crippen LogP contribution in [0.1, 0.15) is 45.0 Å². The highest BCUT2D eigenvalue weighted by Gasteiger charge is 2.37. The summed E-state index contributed by atoms with van der Waals surface area (Å²) >= 11 is 7.66. The molecule has 0 bridgehead atoms. The lowest BCUT2D eigenvalue weighted by Gasteiger charge is -2.28. The summed E-state index contributed by atoms with van der Waals surface area (Å²) in [5.74, 6) is 0.159. The number of amidine groups is 1. The minimum atomic E-state index is -0.326. The summed E-state index contributed by atoms with van der Waals surface area (Å²) in [5.41, 5.74) is 0.511. The highest BCUT2D eigenvalue weighted by molar-refractivity contribution is 8.15. The Morgan fingerprint density at radius 1 is 1.42 bits per heavy atom. The minimum Gasteiger partial charge on any atom is -0.496 e. The summed E-state index contributed by atoms with van der Waals surface area (Å²) in [6.07, 6.45) is 0. The molecular formula is C18H25ClN2O2S. The molecule has 1 aromatic carbocycles. The fourth-order valence-corrected chi connectivity index (χ4v) is 3.93. The van der Waals surface area contributed by atoms with Crippen LogP contribution in [-0.2, 0) is 0 Å². The van der Waals surface area contributed by atoms with Crippen LogP contribution in [0.5, 0.6) is 5.75 Å². The van der Waals surface area contributed by atoms with Crippen molar-refractivity contribution in [3.05, 3.63) is 28.8 Å². The largest absolute Gasteiger partial charge is 0.496 e. The van der Waals surface area contributed by atoms with E-state index in [1.807, 2.05) is 0 Å². The highest BCUT2D eigenvalue weighted by atomic mass is 35.5. The molecule has 0 N–H and O–H groups in total. The van der Waals surface area contributed by atoms with Gasteiger partial charge < -0.3 is 9.64 Å². The summed E-state index contributed by atoms with van der Waals surface area (Å²) in [6, 6.07) is 4.99. The van der Waals surface area contributed by atoms with Crippen LogP contribution in [0.3, 0.4) is 0 Å². The zero-order chi connectivity index (χ0) is 18.1. The van der Waals surface area contributed by atoms with Gasteiger partial charge in [-0.3, -0.25) is 4.79 Å². The van der Waals surface area contributed by atoms with Crippen LogP contribution in [0.15, 0.2) is 23.2 Å². The van der Waals surface area contributed by atoms with Crippen molar-refractivity contribution in [1.29, 1.82) is 0 Å². The Balaban J connectivity index is 2.33. The van der Waals surface area contributed by atoms with Crippen molar-refractivity contribution >= 4 is 34.4 Å². The summed E-state index contributed by atoms with van der Waals surface area (Å²) in [4.78, 5) is 19.3. The highest BCUT2D eigenvalue weighted by Crippen LogP contribution is 2.37. The van der Waals surface area contributed by atoms with Gasteiger partial charge in [-0.1, -0.05) is 44.1 Å². The average Bonchev–Trinajstić information content (AvgIpc) is 2.70. The van der Waals surface area contributed by atoms with E-state index in [4.69, 9.17) is 16.3 Å². The third-order valence-corrected chi connectivity index (χ3v) is 4.91. The first-order valence-electron chi connectivity index (χ1n) is 7.91. The number of rotatable bonds is 3. The first-order chi connectivity index (χ1) is 11.0. The summed E-state index contributed by atoms with van der Waals surface area (Å²) in [7, 11) is 1.53. The zero-order valence-corrected chi connectivity index (χ0v) is 16.7. The van der Waals surface area contributed by atoms with E-state index >= 15 is 0 Å². The molecule has 2 rings (SSSR count). The van der Waals surface area contributed by atoms with Crippen LogP contribution in [0.4, 0.5) is 0 Å². The van der Waals surface area contributed by atoms with E-state index in [0.717, 1.165) is 18.3 Å². The Morgan fingerprint density at radius 3 is 2.67 bits per heavy atom. The molecule has 1 aliphatic rings. The Morgan fingerprint density at radius 2 is 2.08 bits per heavy atom. The molecule has 1 saturated heterocycles.